The number of aromatic nitrogens is 1. The van der Waals surface area contributed by atoms with Crippen LogP contribution >= 0.6 is 0 Å². The molecule has 0 atom stereocenters. The molecule has 0 bridgehead atoms. The molecule has 7 nitrogen and oxygen atoms in total. The van der Waals surface area contributed by atoms with Crippen molar-refractivity contribution in [3.63, 3.8) is 0 Å². The van der Waals surface area contributed by atoms with Crippen molar-refractivity contribution in [3.8, 4) is 23.0 Å². The molecule has 3 aromatic rings. The lowest BCUT2D eigenvalue weighted by atomic mass is 10.2. The average Bonchev–Trinajstić information content (AvgIpc) is 3.23. The highest BCUT2D eigenvalue weighted by molar-refractivity contribution is 5.79. The van der Waals surface area contributed by atoms with E-state index in [0.29, 0.717) is 30.6 Å². The van der Waals surface area contributed by atoms with Crippen LogP contribution in [-0.4, -0.2) is 31.7 Å². The van der Waals surface area contributed by atoms with Crippen molar-refractivity contribution >= 4 is 5.96 Å². The highest BCUT2D eigenvalue weighted by Crippen LogP contribution is 2.29. The van der Waals surface area contributed by atoms with Gasteiger partial charge in [0, 0.05) is 19.2 Å². The minimum Gasteiger partial charge on any atom is -0.493 e. The van der Waals surface area contributed by atoms with E-state index in [1.54, 1.807) is 25.4 Å². The van der Waals surface area contributed by atoms with Crippen molar-refractivity contribution in [3.05, 3.63) is 66.1 Å². The molecule has 0 aliphatic rings. The summed E-state index contributed by atoms with van der Waals surface area (Å²) in [7, 11) is 3.03. The molecule has 158 valence electrons. The molecule has 0 saturated carbocycles. The Morgan fingerprint density at radius 3 is 2.57 bits per heavy atom. The summed E-state index contributed by atoms with van der Waals surface area (Å²) in [6.07, 6.45) is 1.58. The van der Waals surface area contributed by atoms with Gasteiger partial charge in [0.05, 0.1) is 19.3 Å². The number of nitrogens with one attached hydrogen (secondary N) is 2. The topological polar surface area (TPSA) is 80.9 Å². The predicted molar refractivity (Wildman–Crippen MR) is 109 cm³/mol. The standard InChI is InChI=1S/C21H22F2N4O3/c1-24-21(25-11-14-8-9-17(28-2)18(10-14)30-20(22)23)26-12-16-13-29-19(27-16)15-6-4-3-5-7-15/h3-10,13,20H,11-12H2,1-2H3,(H2,24,25,26). The van der Waals surface area contributed by atoms with E-state index in [1.165, 1.54) is 13.2 Å². The van der Waals surface area contributed by atoms with E-state index in [4.69, 9.17) is 9.15 Å². The molecule has 2 N–H and O–H groups in total. The second-order valence-electron chi connectivity index (χ2n) is 6.15. The number of hydrogen-bond donors (Lipinski definition) is 2. The van der Waals surface area contributed by atoms with Gasteiger partial charge >= 0.3 is 6.61 Å². The molecule has 0 fully saturated rings. The van der Waals surface area contributed by atoms with Gasteiger partial charge in [-0.05, 0) is 29.8 Å². The minimum atomic E-state index is -2.93. The van der Waals surface area contributed by atoms with Crippen LogP contribution in [0.3, 0.4) is 0 Å². The molecule has 0 aliphatic heterocycles. The van der Waals surface area contributed by atoms with Crippen LogP contribution in [0.1, 0.15) is 11.3 Å². The van der Waals surface area contributed by atoms with Crippen LogP contribution in [0.2, 0.25) is 0 Å². The van der Waals surface area contributed by atoms with E-state index >= 15 is 0 Å². The SMILES string of the molecule is CN=C(NCc1ccc(OC)c(OC(F)F)c1)NCc1coc(-c2ccccc2)n1. The van der Waals surface area contributed by atoms with Crippen molar-refractivity contribution in [2.45, 2.75) is 19.7 Å². The van der Waals surface area contributed by atoms with Gasteiger partial charge in [0.15, 0.2) is 17.5 Å². The smallest absolute Gasteiger partial charge is 0.387 e. The Morgan fingerprint density at radius 1 is 1.10 bits per heavy atom. The molecule has 1 aromatic heterocycles. The first kappa shape index (κ1) is 21.1. The summed E-state index contributed by atoms with van der Waals surface area (Å²) < 4.78 is 40.2. The van der Waals surface area contributed by atoms with E-state index in [0.717, 1.165) is 11.1 Å². The largest absolute Gasteiger partial charge is 0.493 e. The number of alkyl halides is 2. The van der Waals surface area contributed by atoms with Crippen molar-refractivity contribution in [2.24, 2.45) is 4.99 Å². The van der Waals surface area contributed by atoms with Crippen molar-refractivity contribution < 1.29 is 22.7 Å². The van der Waals surface area contributed by atoms with Gasteiger partial charge in [0.2, 0.25) is 5.89 Å². The van der Waals surface area contributed by atoms with Crippen LogP contribution in [0, 0.1) is 0 Å². The summed E-state index contributed by atoms with van der Waals surface area (Å²) in [4.78, 5) is 8.60. The maximum absolute atomic E-state index is 12.6. The monoisotopic (exact) mass is 416 g/mol. The lowest BCUT2D eigenvalue weighted by molar-refractivity contribution is -0.0512. The fourth-order valence-electron chi connectivity index (χ4n) is 2.70. The summed E-state index contributed by atoms with van der Waals surface area (Å²) in [6, 6.07) is 14.4. The number of methoxy groups -OCH3 is 1. The van der Waals surface area contributed by atoms with Crippen LogP contribution in [-0.2, 0) is 13.1 Å². The van der Waals surface area contributed by atoms with Gasteiger partial charge in [0.1, 0.15) is 6.26 Å². The van der Waals surface area contributed by atoms with E-state index in [-0.39, 0.29) is 11.5 Å². The second kappa shape index (κ2) is 10.2. The molecular formula is C21H22F2N4O3. The molecule has 30 heavy (non-hydrogen) atoms. The molecule has 0 radical (unpaired) electrons. The number of benzene rings is 2. The number of aliphatic imine (C=N–C) groups is 1. The van der Waals surface area contributed by atoms with Gasteiger partial charge in [-0.25, -0.2) is 4.98 Å². The fourth-order valence-corrected chi connectivity index (χ4v) is 2.70. The molecule has 0 aliphatic carbocycles. The molecule has 1 heterocycles. The Morgan fingerprint density at radius 2 is 1.87 bits per heavy atom. The van der Waals surface area contributed by atoms with E-state index in [1.807, 2.05) is 30.3 Å². The molecule has 0 spiro atoms. The number of halogens is 2. The summed E-state index contributed by atoms with van der Waals surface area (Å²) >= 11 is 0. The van der Waals surface area contributed by atoms with Gasteiger partial charge in [-0.15, -0.1) is 0 Å². The zero-order chi connectivity index (χ0) is 21.3. The van der Waals surface area contributed by atoms with E-state index in [2.05, 4.69) is 25.3 Å². The predicted octanol–water partition coefficient (Wildman–Crippen LogP) is 3.82. The van der Waals surface area contributed by atoms with Crippen LogP contribution < -0.4 is 20.1 Å². The third kappa shape index (κ3) is 5.69. The highest BCUT2D eigenvalue weighted by Gasteiger charge is 2.12. The van der Waals surface area contributed by atoms with Crippen molar-refractivity contribution in [1.29, 1.82) is 0 Å². The summed E-state index contributed by atoms with van der Waals surface area (Å²) in [6.45, 7) is -2.19. The van der Waals surface area contributed by atoms with Gasteiger partial charge in [-0.2, -0.15) is 8.78 Å². The van der Waals surface area contributed by atoms with Crippen LogP contribution in [0.5, 0.6) is 11.5 Å². The quantitative estimate of drug-likeness (QED) is 0.429. The number of guanidine groups is 1. The molecule has 0 saturated heterocycles. The first-order valence-electron chi connectivity index (χ1n) is 9.15. The van der Waals surface area contributed by atoms with Gasteiger partial charge < -0.3 is 24.5 Å². The zero-order valence-corrected chi connectivity index (χ0v) is 16.6. The zero-order valence-electron chi connectivity index (χ0n) is 16.6. The number of oxazole rings is 1. The lowest BCUT2D eigenvalue weighted by Gasteiger charge is -2.14. The van der Waals surface area contributed by atoms with Crippen LogP contribution in [0.25, 0.3) is 11.5 Å². The van der Waals surface area contributed by atoms with E-state index < -0.39 is 6.61 Å². The Labute approximate surface area is 172 Å². The lowest BCUT2D eigenvalue weighted by Crippen LogP contribution is -2.36. The molecule has 2 aromatic carbocycles. The third-order valence-electron chi connectivity index (χ3n) is 4.14. The summed E-state index contributed by atoms with van der Waals surface area (Å²) in [5, 5.41) is 6.24. The van der Waals surface area contributed by atoms with Crippen LogP contribution in [0.4, 0.5) is 8.78 Å². The number of rotatable bonds is 8. The van der Waals surface area contributed by atoms with Gasteiger partial charge in [-0.1, -0.05) is 24.3 Å². The number of hydrogen-bond acceptors (Lipinski definition) is 5. The van der Waals surface area contributed by atoms with Crippen molar-refractivity contribution in [1.82, 2.24) is 15.6 Å². The normalized spacial score (nSPS) is 11.4. The Hall–Kier alpha value is -3.62. The fraction of sp³-hybridized carbons (Fsp3) is 0.238. The number of ether oxygens (including phenoxy) is 2. The average molecular weight is 416 g/mol. The molecule has 3 rings (SSSR count). The molecule has 0 unspecified atom stereocenters. The summed E-state index contributed by atoms with van der Waals surface area (Å²) in [5.41, 5.74) is 2.34. The second-order valence-corrected chi connectivity index (χ2v) is 6.15. The van der Waals surface area contributed by atoms with Gasteiger partial charge in [0.25, 0.3) is 0 Å². The van der Waals surface area contributed by atoms with Crippen LogP contribution in [0.15, 0.2) is 64.2 Å². The van der Waals surface area contributed by atoms with Gasteiger partial charge in [-0.3, -0.25) is 4.99 Å². The first-order valence-corrected chi connectivity index (χ1v) is 9.15. The molecule has 9 heteroatoms. The summed E-state index contributed by atoms with van der Waals surface area (Å²) in [5.74, 6) is 1.28. The minimum absolute atomic E-state index is 0.0224. The maximum atomic E-state index is 12.6. The maximum Gasteiger partial charge on any atom is 0.387 e. The first-order chi connectivity index (χ1) is 14.6. The Kier molecular flexibility index (Phi) is 7.20. The third-order valence-corrected chi connectivity index (χ3v) is 4.14. The molecule has 0 amide bonds. The Bertz CT molecular complexity index is 977. The molecular weight excluding hydrogens is 394 g/mol. The Balaban J connectivity index is 1.56. The number of nitrogens with zero attached hydrogens (tertiary/aromatic N) is 2. The highest BCUT2D eigenvalue weighted by atomic mass is 19.3. The van der Waals surface area contributed by atoms with E-state index in [9.17, 15) is 8.78 Å². The van der Waals surface area contributed by atoms with Crippen molar-refractivity contribution in [2.75, 3.05) is 14.2 Å².